The van der Waals surface area contributed by atoms with Crippen LogP contribution in [0.15, 0.2) is 46.8 Å². The number of H-pyrrole nitrogens is 1. The van der Waals surface area contributed by atoms with Crippen LogP contribution in [0.5, 0.6) is 5.88 Å². The van der Waals surface area contributed by atoms with Gasteiger partial charge in [0.1, 0.15) is 5.82 Å². The van der Waals surface area contributed by atoms with Crippen LogP contribution in [0, 0.1) is 5.82 Å². The van der Waals surface area contributed by atoms with Crippen LogP contribution in [0.2, 0.25) is 0 Å². The molecule has 0 fully saturated rings. The SMILES string of the molecule is Oc1[nH]c2ccc(F)cc2c1N=Nc1ccc(C(F)(F)F)cn1. The lowest BCUT2D eigenvalue weighted by atomic mass is 10.2. The zero-order valence-electron chi connectivity index (χ0n) is 11.3. The molecular formula is C14H8F4N4O. The van der Waals surface area contributed by atoms with E-state index in [2.05, 4.69) is 20.2 Å². The molecule has 0 aliphatic carbocycles. The summed E-state index contributed by atoms with van der Waals surface area (Å²) in [7, 11) is 0. The maximum Gasteiger partial charge on any atom is 0.417 e. The number of nitrogens with one attached hydrogen (secondary N) is 1. The molecule has 0 unspecified atom stereocenters. The summed E-state index contributed by atoms with van der Waals surface area (Å²) >= 11 is 0. The Morgan fingerprint density at radius 2 is 1.87 bits per heavy atom. The Morgan fingerprint density at radius 1 is 1.09 bits per heavy atom. The monoisotopic (exact) mass is 324 g/mol. The summed E-state index contributed by atoms with van der Waals surface area (Å²) in [6, 6.07) is 5.63. The van der Waals surface area contributed by atoms with Gasteiger partial charge in [-0.2, -0.15) is 13.2 Å². The summed E-state index contributed by atoms with van der Waals surface area (Å²) < 4.78 is 50.5. The molecule has 5 nitrogen and oxygen atoms in total. The van der Waals surface area contributed by atoms with E-state index in [1.165, 1.54) is 12.1 Å². The number of hydrogen-bond donors (Lipinski definition) is 2. The van der Waals surface area contributed by atoms with Crippen molar-refractivity contribution >= 4 is 22.4 Å². The predicted molar refractivity (Wildman–Crippen MR) is 73.3 cm³/mol. The number of aromatic amines is 1. The largest absolute Gasteiger partial charge is 0.493 e. The summed E-state index contributed by atoms with van der Waals surface area (Å²) in [5, 5.41) is 17.4. The van der Waals surface area contributed by atoms with Crippen molar-refractivity contribution < 1.29 is 22.7 Å². The van der Waals surface area contributed by atoms with Gasteiger partial charge in [-0.05, 0) is 30.3 Å². The number of fused-ring (bicyclic) bond motifs is 1. The van der Waals surface area contributed by atoms with Crippen molar-refractivity contribution in [3.05, 3.63) is 47.9 Å². The van der Waals surface area contributed by atoms with E-state index in [-0.39, 0.29) is 22.8 Å². The zero-order chi connectivity index (χ0) is 16.6. The van der Waals surface area contributed by atoms with E-state index < -0.39 is 17.6 Å². The Bertz CT molecular complexity index is 884. The van der Waals surface area contributed by atoms with Crippen molar-refractivity contribution in [2.24, 2.45) is 10.2 Å². The number of hydrogen-bond acceptors (Lipinski definition) is 4. The molecule has 2 N–H and O–H groups in total. The summed E-state index contributed by atoms with van der Waals surface area (Å²) in [6.45, 7) is 0. The first-order valence-electron chi connectivity index (χ1n) is 6.30. The van der Waals surface area contributed by atoms with Crippen molar-refractivity contribution in [1.29, 1.82) is 0 Å². The molecule has 0 aliphatic heterocycles. The minimum absolute atomic E-state index is 0.0267. The molecule has 2 heterocycles. The molecule has 0 amide bonds. The average Bonchev–Trinajstić information content (AvgIpc) is 2.79. The number of aromatic hydroxyl groups is 1. The van der Waals surface area contributed by atoms with Crippen LogP contribution in [0.4, 0.5) is 29.1 Å². The highest BCUT2D eigenvalue weighted by Gasteiger charge is 2.30. The lowest BCUT2D eigenvalue weighted by molar-refractivity contribution is -0.137. The van der Waals surface area contributed by atoms with E-state index in [1.54, 1.807) is 0 Å². The molecule has 1 aromatic carbocycles. The molecule has 0 aliphatic rings. The highest BCUT2D eigenvalue weighted by Crippen LogP contribution is 2.36. The lowest BCUT2D eigenvalue weighted by Crippen LogP contribution is -2.04. The average molecular weight is 324 g/mol. The number of rotatable bonds is 2. The molecule has 3 aromatic rings. The van der Waals surface area contributed by atoms with Crippen LogP contribution in [0.25, 0.3) is 10.9 Å². The molecule has 23 heavy (non-hydrogen) atoms. The van der Waals surface area contributed by atoms with Gasteiger partial charge < -0.3 is 10.1 Å². The first-order valence-corrected chi connectivity index (χ1v) is 6.30. The molecule has 0 saturated carbocycles. The number of alkyl halides is 3. The number of azo groups is 1. The van der Waals surface area contributed by atoms with E-state index in [0.29, 0.717) is 11.7 Å². The predicted octanol–water partition coefficient (Wildman–Crippen LogP) is 4.84. The highest BCUT2D eigenvalue weighted by molar-refractivity contribution is 5.94. The summed E-state index contributed by atoms with van der Waals surface area (Å²) in [4.78, 5) is 6.11. The van der Waals surface area contributed by atoms with Crippen LogP contribution in [0.3, 0.4) is 0 Å². The van der Waals surface area contributed by atoms with Crippen molar-refractivity contribution in [2.45, 2.75) is 6.18 Å². The second-order valence-corrected chi connectivity index (χ2v) is 4.61. The molecular weight excluding hydrogens is 316 g/mol. The van der Waals surface area contributed by atoms with Crippen molar-refractivity contribution in [2.75, 3.05) is 0 Å². The summed E-state index contributed by atoms with van der Waals surface area (Å²) in [5.41, 5.74) is -0.493. The Labute approximate surface area is 126 Å². The Kier molecular flexibility index (Phi) is 3.47. The quantitative estimate of drug-likeness (QED) is 0.523. The van der Waals surface area contributed by atoms with Gasteiger partial charge in [0.2, 0.25) is 5.88 Å². The van der Waals surface area contributed by atoms with Crippen LogP contribution < -0.4 is 0 Å². The van der Waals surface area contributed by atoms with Gasteiger partial charge in [0.05, 0.1) is 11.1 Å². The van der Waals surface area contributed by atoms with Gasteiger partial charge in [0.25, 0.3) is 0 Å². The minimum Gasteiger partial charge on any atom is -0.493 e. The van der Waals surface area contributed by atoms with E-state index >= 15 is 0 Å². The van der Waals surface area contributed by atoms with Gasteiger partial charge >= 0.3 is 6.18 Å². The Morgan fingerprint density at radius 3 is 2.52 bits per heavy atom. The molecule has 0 saturated heterocycles. The van der Waals surface area contributed by atoms with E-state index in [4.69, 9.17) is 0 Å². The van der Waals surface area contributed by atoms with Crippen LogP contribution in [-0.2, 0) is 6.18 Å². The zero-order valence-corrected chi connectivity index (χ0v) is 11.3. The van der Waals surface area contributed by atoms with Gasteiger partial charge in [-0.3, -0.25) is 0 Å². The third-order valence-electron chi connectivity index (χ3n) is 3.04. The van der Waals surface area contributed by atoms with E-state index in [0.717, 1.165) is 18.2 Å². The normalized spacial score (nSPS) is 12.3. The second kappa shape index (κ2) is 5.34. The fourth-order valence-corrected chi connectivity index (χ4v) is 1.95. The first-order chi connectivity index (χ1) is 10.8. The van der Waals surface area contributed by atoms with Gasteiger partial charge in [-0.25, -0.2) is 9.37 Å². The summed E-state index contributed by atoms with van der Waals surface area (Å²) in [6.07, 6.45) is -3.86. The number of aromatic nitrogens is 2. The molecule has 0 bridgehead atoms. The van der Waals surface area contributed by atoms with Gasteiger partial charge in [0, 0.05) is 11.6 Å². The third-order valence-corrected chi connectivity index (χ3v) is 3.04. The molecule has 0 spiro atoms. The molecule has 2 aromatic heterocycles. The molecule has 118 valence electrons. The fourth-order valence-electron chi connectivity index (χ4n) is 1.95. The van der Waals surface area contributed by atoms with Crippen LogP contribution >= 0.6 is 0 Å². The Balaban J connectivity index is 1.94. The number of halogens is 4. The third kappa shape index (κ3) is 2.98. The van der Waals surface area contributed by atoms with E-state index in [1.807, 2.05) is 0 Å². The fraction of sp³-hybridized carbons (Fsp3) is 0.0714. The van der Waals surface area contributed by atoms with Gasteiger partial charge in [-0.15, -0.1) is 10.2 Å². The van der Waals surface area contributed by atoms with Crippen molar-refractivity contribution in [1.82, 2.24) is 9.97 Å². The van der Waals surface area contributed by atoms with Gasteiger partial charge in [0.15, 0.2) is 11.5 Å². The molecule has 3 rings (SSSR count). The smallest absolute Gasteiger partial charge is 0.417 e. The highest BCUT2D eigenvalue weighted by atomic mass is 19.4. The molecule has 9 heteroatoms. The molecule has 0 atom stereocenters. The number of pyridine rings is 1. The minimum atomic E-state index is -4.49. The summed E-state index contributed by atoms with van der Waals surface area (Å²) in [5.74, 6) is -0.940. The van der Waals surface area contributed by atoms with Crippen molar-refractivity contribution in [3.63, 3.8) is 0 Å². The topological polar surface area (TPSA) is 73.6 Å². The first kappa shape index (κ1) is 14.9. The lowest BCUT2D eigenvalue weighted by Gasteiger charge is -2.04. The van der Waals surface area contributed by atoms with Gasteiger partial charge in [-0.1, -0.05) is 0 Å². The number of benzene rings is 1. The standard InChI is InChI=1S/C14H8F4N4O/c15-8-2-3-10-9(5-8)12(13(23)20-10)22-21-11-4-1-7(6-19-11)14(16,17)18/h1-6,20,23H. The molecule has 0 radical (unpaired) electrons. The van der Waals surface area contributed by atoms with Crippen LogP contribution in [-0.4, -0.2) is 15.1 Å². The maximum absolute atomic E-state index is 13.3. The maximum atomic E-state index is 13.3. The van der Waals surface area contributed by atoms with Crippen LogP contribution in [0.1, 0.15) is 5.56 Å². The Hall–Kier alpha value is -2.97. The van der Waals surface area contributed by atoms with Crippen molar-refractivity contribution in [3.8, 4) is 5.88 Å². The van der Waals surface area contributed by atoms with E-state index in [9.17, 15) is 22.7 Å². The number of nitrogens with zero attached hydrogens (tertiary/aromatic N) is 3. The second-order valence-electron chi connectivity index (χ2n) is 4.61.